The number of non-ortho nitro benzene ring substituents is 1. The first-order valence-electron chi connectivity index (χ1n) is 8.81. The number of carbonyl (C=O) groups is 1. The number of aryl methyl sites for hydroxylation is 2. The Kier molecular flexibility index (Phi) is 5.93. The van der Waals surface area contributed by atoms with Crippen molar-refractivity contribution in [3.63, 3.8) is 0 Å². The van der Waals surface area contributed by atoms with Crippen molar-refractivity contribution in [3.8, 4) is 5.69 Å². The molecule has 0 unspecified atom stereocenters. The molecule has 7 nitrogen and oxygen atoms in total. The first-order valence-corrected chi connectivity index (χ1v) is 9.60. The van der Waals surface area contributed by atoms with Crippen molar-refractivity contribution in [1.82, 2.24) is 9.99 Å². The van der Waals surface area contributed by atoms with E-state index in [-0.39, 0.29) is 11.6 Å². The molecule has 1 aromatic heterocycles. The Hall–Kier alpha value is -3.26. The van der Waals surface area contributed by atoms with Crippen LogP contribution < -0.4 is 5.43 Å². The summed E-state index contributed by atoms with van der Waals surface area (Å²) < 4.78 is 2.75. The minimum atomic E-state index is -0.406. The number of nitrogens with zero attached hydrogens (tertiary/aromatic N) is 3. The number of nitrogens with one attached hydrogen (secondary N) is 1. The molecule has 148 valence electrons. The van der Waals surface area contributed by atoms with Gasteiger partial charge in [0.05, 0.1) is 16.8 Å². The summed E-state index contributed by atoms with van der Waals surface area (Å²) in [6.45, 7) is 5.73. The molecular formula is C21H19BrN4O3. The lowest BCUT2D eigenvalue weighted by atomic mass is 10.1. The molecule has 3 aromatic rings. The van der Waals surface area contributed by atoms with E-state index in [0.29, 0.717) is 5.56 Å². The molecule has 1 amide bonds. The number of amides is 1. The summed E-state index contributed by atoms with van der Waals surface area (Å²) in [7, 11) is 0. The minimum Gasteiger partial charge on any atom is -0.317 e. The van der Waals surface area contributed by atoms with Crippen molar-refractivity contribution in [3.05, 3.63) is 91.2 Å². The van der Waals surface area contributed by atoms with Gasteiger partial charge in [0.1, 0.15) is 0 Å². The summed E-state index contributed by atoms with van der Waals surface area (Å²) in [5.74, 6) is -0.314. The molecule has 0 bridgehead atoms. The number of rotatable bonds is 5. The van der Waals surface area contributed by atoms with Crippen molar-refractivity contribution in [2.45, 2.75) is 20.8 Å². The van der Waals surface area contributed by atoms with E-state index in [1.807, 2.05) is 37.5 Å². The van der Waals surface area contributed by atoms with Gasteiger partial charge in [-0.1, -0.05) is 28.1 Å². The largest absolute Gasteiger partial charge is 0.317 e. The Morgan fingerprint density at radius 1 is 1.17 bits per heavy atom. The lowest BCUT2D eigenvalue weighted by Gasteiger charge is -2.12. The standard InChI is InChI=1S/C21H19BrN4O3/c1-13-7-8-19(26(28)29)11-20(13)25-14(2)9-17(15(25)3)12-23-24-21(27)16-5-4-6-18(22)10-16/h4-12H,1-3H3,(H,24,27)/b23-12-. The highest BCUT2D eigenvalue weighted by Gasteiger charge is 2.15. The second-order valence-corrected chi connectivity index (χ2v) is 7.51. The molecule has 0 radical (unpaired) electrons. The van der Waals surface area contributed by atoms with E-state index in [1.54, 1.807) is 36.5 Å². The van der Waals surface area contributed by atoms with Gasteiger partial charge in [-0.25, -0.2) is 5.43 Å². The third-order valence-electron chi connectivity index (χ3n) is 4.57. The Labute approximate surface area is 176 Å². The van der Waals surface area contributed by atoms with Crippen LogP contribution in [-0.2, 0) is 0 Å². The number of nitro benzene ring substituents is 1. The average Bonchev–Trinajstić information content (AvgIpc) is 2.95. The summed E-state index contributed by atoms with van der Waals surface area (Å²) >= 11 is 3.33. The highest BCUT2D eigenvalue weighted by atomic mass is 79.9. The van der Waals surface area contributed by atoms with Crippen LogP contribution in [0.2, 0.25) is 0 Å². The number of aromatic nitrogens is 1. The van der Waals surface area contributed by atoms with Crippen LogP contribution in [0.5, 0.6) is 0 Å². The van der Waals surface area contributed by atoms with Crippen molar-refractivity contribution in [2.75, 3.05) is 0 Å². The van der Waals surface area contributed by atoms with Crippen molar-refractivity contribution in [2.24, 2.45) is 5.10 Å². The summed E-state index contributed by atoms with van der Waals surface area (Å²) in [6, 6.07) is 13.7. The molecule has 0 atom stereocenters. The molecule has 0 spiro atoms. The molecule has 29 heavy (non-hydrogen) atoms. The maximum Gasteiger partial charge on any atom is 0.271 e. The number of benzene rings is 2. The van der Waals surface area contributed by atoms with Gasteiger partial charge in [-0.05, 0) is 50.6 Å². The summed E-state index contributed by atoms with van der Waals surface area (Å²) in [5.41, 5.74) is 7.29. The number of hydrogen-bond donors (Lipinski definition) is 1. The molecule has 0 saturated carbocycles. The normalized spacial score (nSPS) is 11.0. The van der Waals surface area contributed by atoms with Gasteiger partial charge < -0.3 is 4.57 Å². The summed E-state index contributed by atoms with van der Waals surface area (Å²) in [6.07, 6.45) is 1.57. The quantitative estimate of drug-likeness (QED) is 0.339. The van der Waals surface area contributed by atoms with E-state index in [2.05, 4.69) is 26.5 Å². The van der Waals surface area contributed by atoms with Crippen LogP contribution in [0.3, 0.4) is 0 Å². The molecule has 1 heterocycles. The molecule has 0 fully saturated rings. The molecule has 1 N–H and O–H groups in total. The monoisotopic (exact) mass is 454 g/mol. The molecule has 2 aromatic carbocycles. The molecule has 0 aliphatic rings. The highest BCUT2D eigenvalue weighted by Crippen LogP contribution is 2.26. The van der Waals surface area contributed by atoms with Gasteiger partial charge in [-0.15, -0.1) is 0 Å². The molecular weight excluding hydrogens is 436 g/mol. The topological polar surface area (TPSA) is 89.5 Å². The lowest BCUT2D eigenvalue weighted by molar-refractivity contribution is -0.384. The van der Waals surface area contributed by atoms with Crippen LogP contribution in [0, 0.1) is 30.9 Å². The van der Waals surface area contributed by atoms with Crippen molar-refractivity contribution >= 4 is 33.7 Å². The predicted molar refractivity (Wildman–Crippen MR) is 116 cm³/mol. The van der Waals surface area contributed by atoms with Gasteiger partial charge in [0.15, 0.2) is 0 Å². The van der Waals surface area contributed by atoms with E-state index < -0.39 is 4.92 Å². The maximum atomic E-state index is 12.2. The van der Waals surface area contributed by atoms with E-state index in [0.717, 1.165) is 32.7 Å². The van der Waals surface area contributed by atoms with Crippen LogP contribution in [0.1, 0.15) is 32.9 Å². The van der Waals surface area contributed by atoms with Gasteiger partial charge in [-0.3, -0.25) is 14.9 Å². The zero-order valence-electron chi connectivity index (χ0n) is 16.1. The fourth-order valence-corrected chi connectivity index (χ4v) is 3.50. The van der Waals surface area contributed by atoms with E-state index in [4.69, 9.17) is 0 Å². The molecule has 0 saturated heterocycles. The lowest BCUT2D eigenvalue weighted by Crippen LogP contribution is -2.17. The van der Waals surface area contributed by atoms with Gasteiger partial charge in [-0.2, -0.15) is 5.10 Å². The number of carbonyl (C=O) groups excluding carboxylic acids is 1. The average molecular weight is 455 g/mol. The number of hydrogen-bond acceptors (Lipinski definition) is 4. The van der Waals surface area contributed by atoms with Crippen LogP contribution >= 0.6 is 15.9 Å². The second kappa shape index (κ2) is 8.40. The third-order valence-corrected chi connectivity index (χ3v) is 5.06. The Morgan fingerprint density at radius 2 is 1.93 bits per heavy atom. The van der Waals surface area contributed by atoms with Crippen LogP contribution in [0.4, 0.5) is 5.69 Å². The number of halogens is 1. The molecule has 8 heteroatoms. The van der Waals surface area contributed by atoms with Crippen LogP contribution in [0.15, 0.2) is 58.1 Å². The van der Waals surface area contributed by atoms with Gasteiger partial charge in [0.25, 0.3) is 11.6 Å². The van der Waals surface area contributed by atoms with Crippen molar-refractivity contribution < 1.29 is 9.72 Å². The first-order chi connectivity index (χ1) is 13.8. The Balaban J connectivity index is 1.87. The Bertz CT molecular complexity index is 1130. The number of nitro groups is 1. The van der Waals surface area contributed by atoms with Gasteiger partial charge >= 0.3 is 0 Å². The van der Waals surface area contributed by atoms with E-state index >= 15 is 0 Å². The molecule has 0 aliphatic carbocycles. The fraction of sp³-hybridized carbons (Fsp3) is 0.143. The zero-order chi connectivity index (χ0) is 21.1. The van der Waals surface area contributed by atoms with Gasteiger partial charge in [0.2, 0.25) is 0 Å². The SMILES string of the molecule is Cc1ccc([N+](=O)[O-])cc1-n1c(C)cc(/C=N\NC(=O)c2cccc(Br)c2)c1C. The molecule has 0 aliphatic heterocycles. The number of hydrazone groups is 1. The maximum absolute atomic E-state index is 12.2. The third kappa shape index (κ3) is 4.43. The Morgan fingerprint density at radius 3 is 2.62 bits per heavy atom. The fourth-order valence-electron chi connectivity index (χ4n) is 3.10. The summed E-state index contributed by atoms with van der Waals surface area (Å²) in [4.78, 5) is 22.9. The van der Waals surface area contributed by atoms with Crippen LogP contribution in [0.25, 0.3) is 5.69 Å². The van der Waals surface area contributed by atoms with Crippen molar-refractivity contribution in [1.29, 1.82) is 0 Å². The smallest absolute Gasteiger partial charge is 0.271 e. The predicted octanol–water partition coefficient (Wildman–Crippen LogP) is 4.84. The summed E-state index contributed by atoms with van der Waals surface area (Å²) in [5, 5.41) is 15.2. The second-order valence-electron chi connectivity index (χ2n) is 6.60. The zero-order valence-corrected chi connectivity index (χ0v) is 17.7. The van der Waals surface area contributed by atoms with E-state index in [9.17, 15) is 14.9 Å². The van der Waals surface area contributed by atoms with Gasteiger partial charge in [0, 0.05) is 39.1 Å². The molecule has 3 rings (SSSR count). The highest BCUT2D eigenvalue weighted by molar-refractivity contribution is 9.10. The van der Waals surface area contributed by atoms with Crippen LogP contribution in [-0.4, -0.2) is 21.6 Å². The van der Waals surface area contributed by atoms with E-state index in [1.165, 1.54) is 6.07 Å². The first kappa shape index (κ1) is 20.5. The minimum absolute atomic E-state index is 0.0367.